The molecule has 2 aliphatic carbocycles. The maximum Gasteiger partial charge on any atom is 0.238 e. The van der Waals surface area contributed by atoms with E-state index in [2.05, 4.69) is 155 Å². The lowest BCUT2D eigenvalue weighted by Gasteiger charge is -2.24. The average molecular weight is 658 g/mol. The van der Waals surface area contributed by atoms with E-state index in [0.717, 1.165) is 56.5 Å². The summed E-state index contributed by atoms with van der Waals surface area (Å²) in [5.41, 5.74) is 8.99. The predicted octanol–water partition coefficient (Wildman–Crippen LogP) is 11.3. The zero-order valence-corrected chi connectivity index (χ0v) is 28.2. The standard InChI is InChI=1S/C46H35N5/c1-2-18-36(31(13-1)38-28-29-25-26-30(38)27-29)44-47-45(49-46(48-44)51-41-22-10-5-16-34(41)35-17-6-11-23-42(35)51)37-19-7-12-24-43(37)50-39-20-8-3-14-32(39)33-15-4-9-21-40(33)50/h1-24,29-30,38H,25-28H2. The Morgan fingerprint density at radius 1 is 0.431 bits per heavy atom. The third-order valence-corrected chi connectivity index (χ3v) is 11.7. The number of hydrogen-bond acceptors (Lipinski definition) is 3. The number of hydrogen-bond donors (Lipinski definition) is 0. The SMILES string of the molecule is c1ccc(C2CC3CCC2C3)c(-c2nc(-c3ccccc3-n3c4ccccc4c4ccccc43)nc(-n3c4ccccc4c4ccccc43)n2)c1. The lowest BCUT2D eigenvalue weighted by molar-refractivity contribution is 0.420. The molecule has 5 heteroatoms. The van der Waals surface area contributed by atoms with Crippen molar-refractivity contribution < 1.29 is 0 Å². The van der Waals surface area contributed by atoms with Crippen LogP contribution in [0.25, 0.3) is 78.0 Å². The van der Waals surface area contributed by atoms with E-state index >= 15 is 0 Å². The number of benzene rings is 6. The van der Waals surface area contributed by atoms with E-state index in [-0.39, 0.29) is 0 Å². The summed E-state index contributed by atoms with van der Waals surface area (Å²) in [6, 6.07) is 51.9. The zero-order valence-electron chi connectivity index (χ0n) is 28.2. The molecule has 0 amide bonds. The van der Waals surface area contributed by atoms with Crippen molar-refractivity contribution in [2.24, 2.45) is 11.8 Å². The van der Waals surface area contributed by atoms with Gasteiger partial charge in [-0.25, -0.2) is 4.98 Å². The molecule has 2 saturated carbocycles. The van der Waals surface area contributed by atoms with Crippen LogP contribution in [0.1, 0.15) is 37.2 Å². The fraction of sp³-hybridized carbons (Fsp3) is 0.152. The average Bonchev–Trinajstić information content (AvgIpc) is 3.98. The van der Waals surface area contributed by atoms with Gasteiger partial charge in [-0.3, -0.25) is 4.57 Å². The first kappa shape index (κ1) is 28.7. The van der Waals surface area contributed by atoms with Crippen molar-refractivity contribution in [3.05, 3.63) is 151 Å². The van der Waals surface area contributed by atoms with Crippen LogP contribution in [0.2, 0.25) is 0 Å². The smallest absolute Gasteiger partial charge is 0.238 e. The molecule has 2 aliphatic rings. The normalized spacial score (nSPS) is 18.5. The second-order valence-electron chi connectivity index (χ2n) is 14.4. The van der Waals surface area contributed by atoms with Gasteiger partial charge < -0.3 is 4.57 Å². The Balaban J connectivity index is 1.20. The maximum absolute atomic E-state index is 5.42. The van der Waals surface area contributed by atoms with Gasteiger partial charge in [0.2, 0.25) is 5.95 Å². The summed E-state index contributed by atoms with van der Waals surface area (Å²) in [4.78, 5) is 16.2. The highest BCUT2D eigenvalue weighted by molar-refractivity contribution is 6.10. The molecule has 2 fully saturated rings. The monoisotopic (exact) mass is 657 g/mol. The van der Waals surface area contributed by atoms with Crippen molar-refractivity contribution in [1.82, 2.24) is 24.1 Å². The highest BCUT2D eigenvalue weighted by Gasteiger charge is 2.41. The Bertz CT molecular complexity index is 2700. The first-order valence-corrected chi connectivity index (χ1v) is 18.2. The summed E-state index contributed by atoms with van der Waals surface area (Å²) < 4.78 is 4.59. The molecular weight excluding hydrogens is 623 g/mol. The molecule has 244 valence electrons. The molecule has 3 aromatic heterocycles. The molecule has 9 aromatic rings. The molecule has 0 spiro atoms. The molecule has 0 radical (unpaired) electrons. The number of aromatic nitrogens is 5. The summed E-state index contributed by atoms with van der Waals surface area (Å²) in [6.07, 6.45) is 5.30. The minimum Gasteiger partial charge on any atom is -0.309 e. The highest BCUT2D eigenvalue weighted by atomic mass is 15.2. The summed E-state index contributed by atoms with van der Waals surface area (Å²) >= 11 is 0. The molecule has 3 atom stereocenters. The number of rotatable bonds is 5. The first-order chi connectivity index (χ1) is 25.3. The van der Waals surface area contributed by atoms with Crippen molar-refractivity contribution in [3.63, 3.8) is 0 Å². The third kappa shape index (κ3) is 4.37. The molecule has 51 heavy (non-hydrogen) atoms. The molecule has 3 unspecified atom stereocenters. The Kier molecular flexibility index (Phi) is 6.32. The van der Waals surface area contributed by atoms with Gasteiger partial charge in [0, 0.05) is 32.7 Å². The molecular formula is C46H35N5. The van der Waals surface area contributed by atoms with Gasteiger partial charge >= 0.3 is 0 Å². The molecule has 11 rings (SSSR count). The summed E-state index contributed by atoms with van der Waals surface area (Å²) in [5, 5.41) is 4.82. The highest BCUT2D eigenvalue weighted by Crippen LogP contribution is 2.54. The van der Waals surface area contributed by atoms with Gasteiger partial charge in [-0.05, 0) is 79.0 Å². The van der Waals surface area contributed by atoms with Crippen LogP contribution in [0, 0.1) is 11.8 Å². The van der Waals surface area contributed by atoms with Crippen LogP contribution < -0.4 is 0 Å². The van der Waals surface area contributed by atoms with Crippen LogP contribution in [-0.2, 0) is 0 Å². The maximum atomic E-state index is 5.42. The van der Waals surface area contributed by atoms with Gasteiger partial charge in [0.15, 0.2) is 11.6 Å². The fourth-order valence-electron chi connectivity index (χ4n) is 9.53. The van der Waals surface area contributed by atoms with Gasteiger partial charge in [0.25, 0.3) is 0 Å². The van der Waals surface area contributed by atoms with Gasteiger partial charge in [-0.15, -0.1) is 0 Å². The summed E-state index contributed by atoms with van der Waals surface area (Å²) in [5.74, 6) is 4.15. The van der Waals surface area contributed by atoms with E-state index in [1.807, 2.05) is 0 Å². The minimum atomic E-state index is 0.543. The Morgan fingerprint density at radius 3 is 1.49 bits per heavy atom. The van der Waals surface area contributed by atoms with Crippen molar-refractivity contribution in [2.45, 2.75) is 31.6 Å². The van der Waals surface area contributed by atoms with Crippen molar-refractivity contribution in [1.29, 1.82) is 0 Å². The lowest BCUT2D eigenvalue weighted by atomic mass is 9.81. The number of para-hydroxylation sites is 5. The third-order valence-electron chi connectivity index (χ3n) is 11.7. The van der Waals surface area contributed by atoms with Crippen molar-refractivity contribution in [2.75, 3.05) is 0 Å². The predicted molar refractivity (Wildman–Crippen MR) is 208 cm³/mol. The van der Waals surface area contributed by atoms with Crippen LogP contribution in [-0.4, -0.2) is 24.1 Å². The second-order valence-corrected chi connectivity index (χ2v) is 14.4. The van der Waals surface area contributed by atoms with E-state index < -0.39 is 0 Å². The van der Waals surface area contributed by atoms with Gasteiger partial charge in [-0.1, -0.05) is 116 Å². The molecule has 3 heterocycles. The topological polar surface area (TPSA) is 48.5 Å². The molecule has 2 bridgehead atoms. The van der Waals surface area contributed by atoms with Gasteiger partial charge in [-0.2, -0.15) is 9.97 Å². The summed E-state index contributed by atoms with van der Waals surface area (Å²) in [6.45, 7) is 0. The van der Waals surface area contributed by atoms with Crippen molar-refractivity contribution >= 4 is 43.6 Å². The Morgan fingerprint density at radius 2 is 0.922 bits per heavy atom. The van der Waals surface area contributed by atoms with Gasteiger partial charge in [0.1, 0.15) is 0 Å². The largest absolute Gasteiger partial charge is 0.309 e. The number of fused-ring (bicyclic) bond motifs is 8. The van der Waals surface area contributed by atoms with Crippen LogP contribution in [0.4, 0.5) is 0 Å². The fourth-order valence-corrected chi connectivity index (χ4v) is 9.53. The van der Waals surface area contributed by atoms with E-state index in [0.29, 0.717) is 17.7 Å². The second kappa shape index (κ2) is 11.2. The number of nitrogens with zero attached hydrogens (tertiary/aromatic N) is 5. The molecule has 6 aromatic carbocycles. The van der Waals surface area contributed by atoms with Crippen molar-refractivity contribution in [3.8, 4) is 34.4 Å². The van der Waals surface area contributed by atoms with E-state index in [1.54, 1.807) is 0 Å². The Labute approximate surface area is 295 Å². The van der Waals surface area contributed by atoms with E-state index in [4.69, 9.17) is 15.0 Å². The summed E-state index contributed by atoms with van der Waals surface area (Å²) in [7, 11) is 0. The molecule has 0 aliphatic heterocycles. The van der Waals surface area contributed by atoms with Crippen LogP contribution >= 0.6 is 0 Å². The molecule has 5 nitrogen and oxygen atoms in total. The van der Waals surface area contributed by atoms with E-state index in [9.17, 15) is 0 Å². The quantitative estimate of drug-likeness (QED) is 0.185. The van der Waals surface area contributed by atoms with Crippen LogP contribution in [0.3, 0.4) is 0 Å². The Hall–Kier alpha value is -6.07. The van der Waals surface area contributed by atoms with E-state index in [1.165, 1.54) is 52.8 Å². The molecule has 0 N–H and O–H groups in total. The molecule has 0 saturated heterocycles. The van der Waals surface area contributed by atoms with Crippen LogP contribution in [0.5, 0.6) is 0 Å². The first-order valence-electron chi connectivity index (χ1n) is 18.2. The van der Waals surface area contributed by atoms with Gasteiger partial charge in [0.05, 0.1) is 27.8 Å². The minimum absolute atomic E-state index is 0.543. The van der Waals surface area contributed by atoms with Crippen LogP contribution in [0.15, 0.2) is 146 Å². The lowest BCUT2D eigenvalue weighted by Crippen LogP contribution is -2.12. The zero-order chi connectivity index (χ0) is 33.5.